The van der Waals surface area contributed by atoms with E-state index in [0.29, 0.717) is 12.2 Å². The highest BCUT2D eigenvalue weighted by Gasteiger charge is 2.25. The Morgan fingerprint density at radius 1 is 1.10 bits per heavy atom. The van der Waals surface area contributed by atoms with E-state index in [2.05, 4.69) is 6.92 Å². The Bertz CT molecular complexity index is 414. The van der Waals surface area contributed by atoms with Gasteiger partial charge in [-0.3, -0.25) is 4.79 Å². The zero-order valence-corrected chi connectivity index (χ0v) is 12.1. The van der Waals surface area contributed by atoms with Gasteiger partial charge in [0.15, 0.2) is 0 Å². The topological polar surface area (TPSA) is 52.6 Å². The molecular formula is C16H22O4. The number of esters is 2. The van der Waals surface area contributed by atoms with E-state index in [0.717, 1.165) is 19.3 Å². The first-order chi connectivity index (χ1) is 9.69. The van der Waals surface area contributed by atoms with E-state index in [1.807, 2.05) is 6.07 Å². The molecule has 0 aliphatic heterocycles. The van der Waals surface area contributed by atoms with Crippen molar-refractivity contribution < 1.29 is 19.1 Å². The van der Waals surface area contributed by atoms with Crippen molar-refractivity contribution in [2.45, 2.75) is 45.6 Å². The van der Waals surface area contributed by atoms with Crippen molar-refractivity contribution >= 4 is 11.9 Å². The van der Waals surface area contributed by atoms with Gasteiger partial charge in [-0.25, -0.2) is 4.79 Å². The molecule has 110 valence electrons. The fourth-order valence-corrected chi connectivity index (χ4v) is 1.70. The average Bonchev–Trinajstić information content (AvgIpc) is 2.49. The standard InChI is InChI=1S/C16H22O4/c1-3-5-9-12-19-16(18)15(20-14(17)4-2)13-10-7-6-8-11-13/h6-8,10-11,15H,3-5,9,12H2,1-2H3. The fourth-order valence-electron chi connectivity index (χ4n) is 1.70. The Morgan fingerprint density at radius 3 is 2.40 bits per heavy atom. The van der Waals surface area contributed by atoms with Gasteiger partial charge >= 0.3 is 11.9 Å². The van der Waals surface area contributed by atoms with Crippen LogP contribution in [0, 0.1) is 0 Å². The van der Waals surface area contributed by atoms with Crippen LogP contribution in [0.5, 0.6) is 0 Å². The van der Waals surface area contributed by atoms with E-state index in [1.54, 1.807) is 31.2 Å². The molecule has 0 aliphatic rings. The third kappa shape index (κ3) is 5.43. The largest absolute Gasteiger partial charge is 0.463 e. The lowest BCUT2D eigenvalue weighted by Gasteiger charge is -2.16. The monoisotopic (exact) mass is 278 g/mol. The van der Waals surface area contributed by atoms with Crippen molar-refractivity contribution in [1.29, 1.82) is 0 Å². The Kier molecular flexibility index (Phi) is 7.40. The molecule has 4 nitrogen and oxygen atoms in total. The van der Waals surface area contributed by atoms with Crippen LogP contribution in [0.4, 0.5) is 0 Å². The summed E-state index contributed by atoms with van der Waals surface area (Å²) in [6, 6.07) is 8.94. The number of carbonyl (C=O) groups is 2. The molecule has 0 fully saturated rings. The summed E-state index contributed by atoms with van der Waals surface area (Å²) in [6.07, 6.45) is 2.16. The highest BCUT2D eigenvalue weighted by atomic mass is 16.6. The molecule has 1 atom stereocenters. The molecular weight excluding hydrogens is 256 g/mol. The molecule has 1 unspecified atom stereocenters. The zero-order valence-electron chi connectivity index (χ0n) is 12.1. The summed E-state index contributed by atoms with van der Waals surface area (Å²) < 4.78 is 10.4. The van der Waals surface area contributed by atoms with Crippen molar-refractivity contribution in [3.63, 3.8) is 0 Å². The van der Waals surface area contributed by atoms with Crippen LogP contribution in [0.25, 0.3) is 0 Å². The minimum absolute atomic E-state index is 0.229. The van der Waals surface area contributed by atoms with E-state index in [9.17, 15) is 9.59 Å². The molecule has 20 heavy (non-hydrogen) atoms. The molecule has 0 heterocycles. The van der Waals surface area contributed by atoms with Crippen molar-refractivity contribution in [2.24, 2.45) is 0 Å². The van der Waals surface area contributed by atoms with Crippen LogP contribution >= 0.6 is 0 Å². The van der Waals surface area contributed by atoms with Crippen LogP contribution in [0.1, 0.15) is 51.2 Å². The number of rotatable bonds is 8. The molecule has 1 rings (SSSR count). The van der Waals surface area contributed by atoms with Crippen molar-refractivity contribution in [1.82, 2.24) is 0 Å². The maximum absolute atomic E-state index is 12.1. The summed E-state index contributed by atoms with van der Waals surface area (Å²) in [4.78, 5) is 23.5. The molecule has 0 saturated carbocycles. The van der Waals surface area contributed by atoms with Gasteiger partial charge in [-0.15, -0.1) is 0 Å². The SMILES string of the molecule is CCCCCOC(=O)C(OC(=O)CC)c1ccccc1. The van der Waals surface area contributed by atoms with Gasteiger partial charge in [-0.05, 0) is 6.42 Å². The Balaban J connectivity index is 2.67. The average molecular weight is 278 g/mol. The van der Waals surface area contributed by atoms with E-state index in [1.165, 1.54) is 0 Å². The first-order valence-corrected chi connectivity index (χ1v) is 7.10. The van der Waals surface area contributed by atoms with E-state index < -0.39 is 18.0 Å². The number of carbonyl (C=O) groups excluding carboxylic acids is 2. The lowest BCUT2D eigenvalue weighted by molar-refractivity contribution is -0.168. The summed E-state index contributed by atoms with van der Waals surface area (Å²) in [5, 5.41) is 0. The molecule has 0 spiro atoms. The van der Waals surface area contributed by atoms with Gasteiger partial charge < -0.3 is 9.47 Å². The van der Waals surface area contributed by atoms with E-state index in [4.69, 9.17) is 9.47 Å². The molecule has 0 amide bonds. The van der Waals surface area contributed by atoms with Gasteiger partial charge in [0, 0.05) is 12.0 Å². The molecule has 0 aromatic heterocycles. The fraction of sp³-hybridized carbons (Fsp3) is 0.500. The maximum Gasteiger partial charge on any atom is 0.352 e. The van der Waals surface area contributed by atoms with Crippen LogP contribution in [0.3, 0.4) is 0 Å². The van der Waals surface area contributed by atoms with Crippen LogP contribution in [0.15, 0.2) is 30.3 Å². The molecule has 1 aromatic carbocycles. The number of ether oxygens (including phenoxy) is 2. The van der Waals surface area contributed by atoms with Crippen molar-refractivity contribution in [2.75, 3.05) is 6.61 Å². The number of unbranched alkanes of at least 4 members (excludes halogenated alkanes) is 2. The molecule has 0 saturated heterocycles. The Morgan fingerprint density at radius 2 is 1.80 bits per heavy atom. The third-order valence-corrected chi connectivity index (χ3v) is 2.85. The third-order valence-electron chi connectivity index (χ3n) is 2.85. The summed E-state index contributed by atoms with van der Waals surface area (Å²) in [5.41, 5.74) is 0.634. The molecule has 1 aromatic rings. The van der Waals surface area contributed by atoms with E-state index in [-0.39, 0.29) is 6.42 Å². The predicted molar refractivity (Wildman–Crippen MR) is 76.1 cm³/mol. The summed E-state index contributed by atoms with van der Waals surface area (Å²) >= 11 is 0. The summed E-state index contributed by atoms with van der Waals surface area (Å²) in [6.45, 7) is 4.13. The minimum Gasteiger partial charge on any atom is -0.463 e. The van der Waals surface area contributed by atoms with E-state index >= 15 is 0 Å². The van der Waals surface area contributed by atoms with Crippen LogP contribution in [0.2, 0.25) is 0 Å². The first kappa shape index (κ1) is 16.2. The van der Waals surface area contributed by atoms with Gasteiger partial charge in [-0.1, -0.05) is 57.0 Å². The Hall–Kier alpha value is -1.84. The number of benzene rings is 1. The predicted octanol–water partition coefficient (Wildman–Crippen LogP) is 3.41. The van der Waals surface area contributed by atoms with Crippen LogP contribution < -0.4 is 0 Å². The van der Waals surface area contributed by atoms with Gasteiger partial charge in [-0.2, -0.15) is 0 Å². The highest BCUT2D eigenvalue weighted by Crippen LogP contribution is 2.20. The smallest absolute Gasteiger partial charge is 0.352 e. The van der Waals surface area contributed by atoms with Crippen molar-refractivity contribution in [3.05, 3.63) is 35.9 Å². The second-order valence-electron chi connectivity index (χ2n) is 4.51. The molecule has 0 radical (unpaired) electrons. The maximum atomic E-state index is 12.1. The number of hydrogen-bond acceptors (Lipinski definition) is 4. The summed E-state index contributed by atoms with van der Waals surface area (Å²) in [7, 11) is 0. The molecule has 0 N–H and O–H groups in total. The van der Waals surface area contributed by atoms with Gasteiger partial charge in [0.25, 0.3) is 0 Å². The first-order valence-electron chi connectivity index (χ1n) is 7.10. The second-order valence-corrected chi connectivity index (χ2v) is 4.51. The second kappa shape index (κ2) is 9.13. The lowest BCUT2D eigenvalue weighted by atomic mass is 10.1. The zero-order chi connectivity index (χ0) is 14.8. The normalized spacial score (nSPS) is 11.7. The summed E-state index contributed by atoms with van der Waals surface area (Å²) in [5.74, 6) is -0.918. The van der Waals surface area contributed by atoms with Gasteiger partial charge in [0.05, 0.1) is 6.61 Å². The molecule has 0 bridgehead atoms. The van der Waals surface area contributed by atoms with Crippen LogP contribution in [-0.2, 0) is 19.1 Å². The van der Waals surface area contributed by atoms with Gasteiger partial charge in [0.2, 0.25) is 6.10 Å². The number of hydrogen-bond donors (Lipinski definition) is 0. The lowest BCUT2D eigenvalue weighted by Crippen LogP contribution is -2.22. The molecule has 0 aliphatic carbocycles. The van der Waals surface area contributed by atoms with Crippen molar-refractivity contribution in [3.8, 4) is 0 Å². The highest BCUT2D eigenvalue weighted by molar-refractivity contribution is 5.80. The Labute approximate surface area is 120 Å². The minimum atomic E-state index is -0.967. The van der Waals surface area contributed by atoms with Crippen LogP contribution in [-0.4, -0.2) is 18.5 Å². The quantitative estimate of drug-likeness (QED) is 0.540. The van der Waals surface area contributed by atoms with Gasteiger partial charge in [0.1, 0.15) is 0 Å². The molecule has 4 heteroatoms.